The van der Waals surface area contributed by atoms with Gasteiger partial charge in [0.25, 0.3) is 5.91 Å². The zero-order valence-corrected chi connectivity index (χ0v) is 14.3. The Kier molecular flexibility index (Phi) is 5.90. The normalized spacial score (nSPS) is 11.5. The number of nitrogens with zero attached hydrogens (tertiary/aromatic N) is 1. The van der Waals surface area contributed by atoms with Gasteiger partial charge >= 0.3 is 0 Å². The van der Waals surface area contributed by atoms with Crippen molar-refractivity contribution in [1.82, 2.24) is 5.43 Å². The molecular weight excluding hydrogens is 340 g/mol. The lowest BCUT2D eigenvalue weighted by atomic mass is 10.0. The van der Waals surface area contributed by atoms with Crippen LogP contribution in [0.4, 0.5) is 0 Å². The van der Waals surface area contributed by atoms with Gasteiger partial charge in [0.15, 0.2) is 0 Å². The first-order chi connectivity index (χ1) is 10.6. The minimum Gasteiger partial charge on any atom is -0.267 e. The van der Waals surface area contributed by atoms with E-state index < -0.39 is 0 Å². The van der Waals surface area contributed by atoms with Crippen molar-refractivity contribution in [3.8, 4) is 0 Å². The Hall–Kier alpha value is -1.94. The maximum absolute atomic E-state index is 12.1. The standard InChI is InChI=1S/C18H19BrN2O/c1-13(2)12-17(14-6-4-3-5-7-14)20-21-18(22)15-8-10-16(19)11-9-15/h3-11,13H,12H2,1-2H3,(H,21,22). The number of nitrogens with one attached hydrogen (secondary N) is 1. The van der Waals surface area contributed by atoms with Gasteiger partial charge in [0.1, 0.15) is 0 Å². The van der Waals surface area contributed by atoms with Gasteiger partial charge < -0.3 is 0 Å². The van der Waals surface area contributed by atoms with Crippen molar-refractivity contribution in [2.24, 2.45) is 11.0 Å². The van der Waals surface area contributed by atoms with Gasteiger partial charge in [-0.3, -0.25) is 4.79 Å². The summed E-state index contributed by atoms with van der Waals surface area (Å²) in [6.45, 7) is 4.27. The lowest BCUT2D eigenvalue weighted by molar-refractivity contribution is 0.0954. The summed E-state index contributed by atoms with van der Waals surface area (Å²) in [7, 11) is 0. The highest BCUT2D eigenvalue weighted by Crippen LogP contribution is 2.12. The van der Waals surface area contributed by atoms with E-state index in [9.17, 15) is 4.79 Å². The van der Waals surface area contributed by atoms with Crippen LogP contribution in [0.1, 0.15) is 36.2 Å². The first-order valence-corrected chi connectivity index (χ1v) is 8.03. The largest absolute Gasteiger partial charge is 0.271 e. The van der Waals surface area contributed by atoms with Gasteiger partial charge in [-0.1, -0.05) is 60.1 Å². The van der Waals surface area contributed by atoms with Crippen LogP contribution in [-0.2, 0) is 0 Å². The summed E-state index contributed by atoms with van der Waals surface area (Å²) in [4.78, 5) is 12.1. The van der Waals surface area contributed by atoms with Crippen LogP contribution < -0.4 is 5.43 Å². The Bertz CT molecular complexity index is 649. The molecule has 0 unspecified atom stereocenters. The number of halogens is 1. The van der Waals surface area contributed by atoms with Crippen molar-refractivity contribution < 1.29 is 4.79 Å². The number of hydrazone groups is 1. The smallest absolute Gasteiger partial charge is 0.267 e. The van der Waals surface area contributed by atoms with Crippen molar-refractivity contribution in [3.05, 3.63) is 70.2 Å². The molecule has 4 heteroatoms. The molecule has 0 aromatic heterocycles. The van der Waals surface area contributed by atoms with Gasteiger partial charge in [0, 0.05) is 10.0 Å². The minimum absolute atomic E-state index is 0.204. The maximum Gasteiger partial charge on any atom is 0.271 e. The van der Waals surface area contributed by atoms with E-state index in [4.69, 9.17) is 0 Å². The van der Waals surface area contributed by atoms with Crippen LogP contribution in [-0.4, -0.2) is 11.6 Å². The maximum atomic E-state index is 12.1. The topological polar surface area (TPSA) is 41.5 Å². The van der Waals surface area contributed by atoms with Crippen LogP contribution >= 0.6 is 15.9 Å². The van der Waals surface area contributed by atoms with E-state index in [-0.39, 0.29) is 5.91 Å². The van der Waals surface area contributed by atoms with E-state index >= 15 is 0 Å². The van der Waals surface area contributed by atoms with Crippen LogP contribution in [0.15, 0.2) is 64.2 Å². The van der Waals surface area contributed by atoms with E-state index in [2.05, 4.69) is 40.3 Å². The van der Waals surface area contributed by atoms with Gasteiger partial charge in [-0.2, -0.15) is 5.10 Å². The van der Waals surface area contributed by atoms with Crippen molar-refractivity contribution in [3.63, 3.8) is 0 Å². The number of benzene rings is 2. The van der Waals surface area contributed by atoms with Crippen molar-refractivity contribution >= 4 is 27.5 Å². The van der Waals surface area contributed by atoms with Gasteiger partial charge in [0.05, 0.1) is 5.71 Å². The molecular formula is C18H19BrN2O. The van der Waals surface area contributed by atoms with Gasteiger partial charge in [-0.15, -0.1) is 0 Å². The van der Waals surface area contributed by atoms with Crippen molar-refractivity contribution in [1.29, 1.82) is 0 Å². The zero-order valence-electron chi connectivity index (χ0n) is 12.7. The fraction of sp³-hybridized carbons (Fsp3) is 0.222. The highest BCUT2D eigenvalue weighted by molar-refractivity contribution is 9.10. The Morgan fingerprint density at radius 3 is 2.27 bits per heavy atom. The SMILES string of the molecule is CC(C)CC(=NNC(=O)c1ccc(Br)cc1)c1ccccc1. The lowest BCUT2D eigenvalue weighted by Crippen LogP contribution is -2.20. The van der Waals surface area contributed by atoms with Crippen LogP contribution in [0.5, 0.6) is 0 Å². The molecule has 22 heavy (non-hydrogen) atoms. The molecule has 2 rings (SSSR count). The second-order valence-corrected chi connectivity index (χ2v) is 6.39. The lowest BCUT2D eigenvalue weighted by Gasteiger charge is -2.10. The summed E-state index contributed by atoms with van der Waals surface area (Å²) < 4.78 is 0.942. The summed E-state index contributed by atoms with van der Waals surface area (Å²) in [6.07, 6.45) is 0.810. The first-order valence-electron chi connectivity index (χ1n) is 7.24. The van der Waals surface area contributed by atoms with Crippen molar-refractivity contribution in [2.45, 2.75) is 20.3 Å². The third-order valence-electron chi connectivity index (χ3n) is 3.11. The molecule has 0 radical (unpaired) electrons. The summed E-state index contributed by atoms with van der Waals surface area (Å²) in [5, 5.41) is 4.34. The molecule has 0 heterocycles. The fourth-order valence-electron chi connectivity index (χ4n) is 2.03. The van der Waals surface area contributed by atoms with Crippen LogP contribution in [0.2, 0.25) is 0 Å². The van der Waals surface area contributed by atoms with E-state index in [1.807, 2.05) is 42.5 Å². The molecule has 0 aliphatic rings. The number of carbonyl (C=O) groups excluding carboxylic acids is 1. The highest BCUT2D eigenvalue weighted by atomic mass is 79.9. The fourth-order valence-corrected chi connectivity index (χ4v) is 2.29. The Morgan fingerprint density at radius 2 is 1.68 bits per heavy atom. The summed E-state index contributed by atoms with van der Waals surface area (Å²) in [5.41, 5.74) is 5.17. The molecule has 0 aliphatic heterocycles. The van der Waals surface area contributed by atoms with Crippen LogP contribution in [0.3, 0.4) is 0 Å². The third kappa shape index (κ3) is 4.81. The second kappa shape index (κ2) is 7.90. The molecule has 0 aliphatic carbocycles. The molecule has 1 amide bonds. The van der Waals surface area contributed by atoms with Gasteiger partial charge in [-0.25, -0.2) is 5.43 Å². The number of amides is 1. The average molecular weight is 359 g/mol. The molecule has 0 saturated carbocycles. The molecule has 0 saturated heterocycles. The summed E-state index contributed by atoms with van der Waals surface area (Å²) in [5.74, 6) is 0.258. The molecule has 3 nitrogen and oxygen atoms in total. The van der Waals surface area contributed by atoms with E-state index in [1.54, 1.807) is 12.1 Å². The number of carbonyl (C=O) groups is 1. The minimum atomic E-state index is -0.204. The number of hydrogen-bond donors (Lipinski definition) is 1. The molecule has 0 atom stereocenters. The van der Waals surface area contributed by atoms with E-state index in [0.717, 1.165) is 22.2 Å². The zero-order chi connectivity index (χ0) is 15.9. The predicted molar refractivity (Wildman–Crippen MR) is 94.0 cm³/mol. The monoisotopic (exact) mass is 358 g/mol. The van der Waals surface area contributed by atoms with Gasteiger partial charge in [-0.05, 0) is 42.2 Å². The molecule has 2 aromatic carbocycles. The molecule has 0 fully saturated rings. The van der Waals surface area contributed by atoms with Crippen LogP contribution in [0.25, 0.3) is 0 Å². The quantitative estimate of drug-likeness (QED) is 0.614. The second-order valence-electron chi connectivity index (χ2n) is 5.47. The molecule has 2 aromatic rings. The Balaban J connectivity index is 2.15. The molecule has 0 spiro atoms. The van der Waals surface area contributed by atoms with Crippen molar-refractivity contribution in [2.75, 3.05) is 0 Å². The van der Waals surface area contributed by atoms with Crippen LogP contribution in [0, 0.1) is 5.92 Å². The highest BCUT2D eigenvalue weighted by Gasteiger charge is 2.08. The number of hydrogen-bond acceptors (Lipinski definition) is 2. The average Bonchev–Trinajstić information content (AvgIpc) is 2.52. The summed E-state index contributed by atoms with van der Waals surface area (Å²) >= 11 is 3.36. The Morgan fingerprint density at radius 1 is 1.05 bits per heavy atom. The first kappa shape index (κ1) is 16.4. The van der Waals surface area contributed by atoms with E-state index in [1.165, 1.54) is 0 Å². The third-order valence-corrected chi connectivity index (χ3v) is 3.64. The van der Waals surface area contributed by atoms with E-state index in [0.29, 0.717) is 11.5 Å². The molecule has 114 valence electrons. The summed E-state index contributed by atoms with van der Waals surface area (Å²) in [6, 6.07) is 17.1. The predicted octanol–water partition coefficient (Wildman–Crippen LogP) is 4.63. The Labute approximate surface area is 139 Å². The number of rotatable bonds is 5. The molecule has 1 N–H and O–H groups in total. The molecule has 0 bridgehead atoms. The van der Waals surface area contributed by atoms with Gasteiger partial charge in [0.2, 0.25) is 0 Å².